The van der Waals surface area contributed by atoms with Crippen molar-refractivity contribution in [1.29, 1.82) is 0 Å². The van der Waals surface area contributed by atoms with Gasteiger partial charge in [-0.3, -0.25) is 0 Å². The van der Waals surface area contributed by atoms with E-state index in [1.165, 1.54) is 0 Å². The molecule has 0 saturated heterocycles. The summed E-state index contributed by atoms with van der Waals surface area (Å²) in [7, 11) is 0. The van der Waals surface area contributed by atoms with Gasteiger partial charge in [-0.2, -0.15) is 17.6 Å². The van der Waals surface area contributed by atoms with Crippen LogP contribution in [0.25, 0.3) is 0 Å². The van der Waals surface area contributed by atoms with Gasteiger partial charge in [0.1, 0.15) is 0 Å². The molecule has 1 aliphatic heterocycles. The number of phenolic OH excluding ortho intramolecular Hbond substituents is 1. The van der Waals surface area contributed by atoms with Gasteiger partial charge in [0.25, 0.3) is 0 Å². The number of hydrogen-bond acceptors (Lipinski definition) is 4. The molecule has 0 unspecified atom stereocenters. The fraction of sp³-hybridized carbons (Fsp3) is 0.333. The van der Waals surface area contributed by atoms with Crippen molar-refractivity contribution in [3.8, 4) is 5.75 Å². The van der Waals surface area contributed by atoms with Gasteiger partial charge in [-0.05, 0) is 0 Å². The van der Waals surface area contributed by atoms with E-state index in [2.05, 4.69) is 10.2 Å². The Bertz CT molecular complexity index is 772. The summed E-state index contributed by atoms with van der Waals surface area (Å²) in [6, 6.07) is 0.529. The third-order valence-corrected chi connectivity index (χ3v) is 3.46. The molecule has 0 saturated carbocycles. The highest BCUT2D eigenvalue weighted by Crippen LogP contribution is 2.34. The Labute approximate surface area is 124 Å². The van der Waals surface area contributed by atoms with E-state index < -0.39 is 40.9 Å². The Morgan fingerprint density at radius 2 is 1.74 bits per heavy atom. The van der Waals surface area contributed by atoms with Crippen LogP contribution in [-0.2, 0) is 19.3 Å². The lowest BCUT2D eigenvalue weighted by molar-refractivity contribution is -0.147. The molecule has 0 spiro atoms. The predicted molar refractivity (Wildman–Crippen MR) is 64.1 cm³/mol. The van der Waals surface area contributed by atoms with E-state index in [0.717, 1.165) is 9.47 Å². The van der Waals surface area contributed by atoms with Crippen LogP contribution in [0.1, 0.15) is 11.6 Å². The lowest BCUT2D eigenvalue weighted by atomic mass is 10.2. The summed E-state index contributed by atoms with van der Waals surface area (Å²) < 4.78 is 79.3. The van der Waals surface area contributed by atoms with Crippen LogP contribution in [0.15, 0.2) is 6.07 Å². The number of alkyl halides is 3. The molecule has 11 heteroatoms. The molecule has 5 nitrogen and oxygen atoms in total. The quantitative estimate of drug-likeness (QED) is 0.641. The topological polar surface area (TPSA) is 54.2 Å². The van der Waals surface area contributed by atoms with Gasteiger partial charge in [0.05, 0.1) is 12.2 Å². The molecule has 0 atom stereocenters. The van der Waals surface area contributed by atoms with Crippen molar-refractivity contribution >= 4 is 5.69 Å². The number of aromatic hydroxyl groups is 1. The average Bonchev–Trinajstić information content (AvgIpc) is 2.92. The zero-order valence-corrected chi connectivity index (χ0v) is 11.2. The second kappa shape index (κ2) is 5.03. The number of nitrogens with zero attached hydrogens (tertiary/aromatic N) is 4. The Morgan fingerprint density at radius 1 is 1.04 bits per heavy atom. The molecule has 0 bridgehead atoms. The summed E-state index contributed by atoms with van der Waals surface area (Å²) in [6.07, 6.45) is -4.68. The molecule has 124 valence electrons. The number of benzene rings is 1. The average molecular weight is 338 g/mol. The van der Waals surface area contributed by atoms with Crippen molar-refractivity contribution in [2.24, 2.45) is 0 Å². The van der Waals surface area contributed by atoms with Crippen molar-refractivity contribution in [2.45, 2.75) is 19.3 Å². The van der Waals surface area contributed by atoms with Crippen LogP contribution in [-0.4, -0.2) is 26.4 Å². The fourth-order valence-electron chi connectivity index (χ4n) is 2.38. The second-order valence-electron chi connectivity index (χ2n) is 4.86. The second-order valence-corrected chi connectivity index (χ2v) is 4.86. The van der Waals surface area contributed by atoms with Crippen LogP contribution in [0.2, 0.25) is 0 Å². The van der Waals surface area contributed by atoms with Crippen molar-refractivity contribution in [3.63, 3.8) is 0 Å². The molecule has 0 radical (unpaired) electrons. The van der Waals surface area contributed by atoms with Crippen molar-refractivity contribution < 1.29 is 31.4 Å². The molecule has 0 fully saturated rings. The van der Waals surface area contributed by atoms with Gasteiger partial charge in [0.15, 0.2) is 23.2 Å². The molecule has 1 N–H and O–H groups in total. The third kappa shape index (κ3) is 2.45. The first kappa shape index (κ1) is 15.4. The van der Waals surface area contributed by atoms with E-state index in [0.29, 0.717) is 6.07 Å². The highest BCUT2D eigenvalue weighted by molar-refractivity contribution is 5.53. The number of fused-ring (bicyclic) bond motifs is 1. The third-order valence-electron chi connectivity index (χ3n) is 3.46. The highest BCUT2D eigenvalue weighted by atomic mass is 19.4. The van der Waals surface area contributed by atoms with E-state index in [1.54, 1.807) is 0 Å². The van der Waals surface area contributed by atoms with Crippen molar-refractivity contribution in [3.05, 3.63) is 35.2 Å². The molecule has 1 aliphatic rings. The predicted octanol–water partition coefficient (Wildman–Crippen LogP) is 2.44. The van der Waals surface area contributed by atoms with Crippen LogP contribution < -0.4 is 4.90 Å². The van der Waals surface area contributed by atoms with Crippen LogP contribution in [0.5, 0.6) is 5.75 Å². The minimum absolute atomic E-state index is 0.104. The number of hydrogen-bond donors (Lipinski definition) is 1. The number of aromatic nitrogens is 3. The molecule has 2 aromatic rings. The standard InChI is InChI=1S/C12H8F6N4O/c13-5-3-6(9(15)10(23)8(5)14)21-1-2-22-7(4-21)19-20-11(22)12(16,17)18/h3,23H,1-2,4H2. The van der Waals surface area contributed by atoms with E-state index in [1.807, 2.05) is 0 Å². The van der Waals surface area contributed by atoms with Gasteiger partial charge in [0.2, 0.25) is 11.6 Å². The van der Waals surface area contributed by atoms with E-state index >= 15 is 0 Å². The van der Waals surface area contributed by atoms with E-state index in [-0.39, 0.29) is 25.5 Å². The monoisotopic (exact) mass is 338 g/mol. The zero-order valence-electron chi connectivity index (χ0n) is 11.2. The molecule has 3 rings (SSSR count). The summed E-state index contributed by atoms with van der Waals surface area (Å²) in [4.78, 5) is 1.14. The van der Waals surface area contributed by atoms with Crippen molar-refractivity contribution in [2.75, 3.05) is 11.4 Å². The van der Waals surface area contributed by atoms with Gasteiger partial charge in [-0.25, -0.2) is 8.78 Å². The Balaban J connectivity index is 1.96. The van der Waals surface area contributed by atoms with Crippen LogP contribution >= 0.6 is 0 Å². The molecule has 2 heterocycles. The lowest BCUT2D eigenvalue weighted by Crippen LogP contribution is -2.36. The van der Waals surface area contributed by atoms with Crippen LogP contribution in [0, 0.1) is 17.5 Å². The first-order valence-corrected chi connectivity index (χ1v) is 6.31. The smallest absolute Gasteiger partial charge is 0.451 e. The molecular weight excluding hydrogens is 330 g/mol. The Morgan fingerprint density at radius 3 is 2.39 bits per heavy atom. The Kier molecular flexibility index (Phi) is 3.38. The largest absolute Gasteiger partial charge is 0.503 e. The highest BCUT2D eigenvalue weighted by Gasteiger charge is 2.39. The summed E-state index contributed by atoms with van der Waals surface area (Å²) >= 11 is 0. The Hall–Kier alpha value is -2.46. The molecule has 0 aliphatic carbocycles. The van der Waals surface area contributed by atoms with Gasteiger partial charge in [0, 0.05) is 19.2 Å². The minimum atomic E-state index is -4.68. The molecule has 1 aromatic heterocycles. The molecule has 23 heavy (non-hydrogen) atoms. The molecule has 0 amide bonds. The van der Waals surface area contributed by atoms with Crippen molar-refractivity contribution in [1.82, 2.24) is 14.8 Å². The summed E-state index contributed by atoms with van der Waals surface area (Å²) in [6.45, 7) is -0.656. The summed E-state index contributed by atoms with van der Waals surface area (Å²) in [5.41, 5.74) is -0.468. The first-order chi connectivity index (χ1) is 10.7. The number of rotatable bonds is 1. The minimum Gasteiger partial charge on any atom is -0.503 e. The summed E-state index contributed by atoms with van der Waals surface area (Å²) in [5, 5.41) is 15.6. The normalized spacial score (nSPS) is 15.0. The van der Waals surface area contributed by atoms with Gasteiger partial charge in [-0.1, -0.05) is 0 Å². The maximum atomic E-state index is 13.9. The van der Waals surface area contributed by atoms with E-state index in [9.17, 15) is 31.4 Å². The van der Waals surface area contributed by atoms with Crippen LogP contribution in [0.3, 0.4) is 0 Å². The number of halogens is 6. The van der Waals surface area contributed by atoms with Gasteiger partial charge < -0.3 is 14.6 Å². The lowest BCUT2D eigenvalue weighted by Gasteiger charge is -2.30. The maximum Gasteiger partial charge on any atom is 0.451 e. The maximum absolute atomic E-state index is 13.9. The van der Waals surface area contributed by atoms with Gasteiger partial charge >= 0.3 is 6.18 Å². The van der Waals surface area contributed by atoms with E-state index in [4.69, 9.17) is 0 Å². The van der Waals surface area contributed by atoms with Gasteiger partial charge in [-0.15, -0.1) is 10.2 Å². The zero-order chi connectivity index (χ0) is 16.9. The molecule has 1 aromatic carbocycles. The summed E-state index contributed by atoms with van der Waals surface area (Å²) in [5.74, 6) is -7.36. The molecular formula is C12H8F6N4O. The SMILES string of the molecule is Oc1c(F)c(F)cc(N2CCn3c(nnc3C(F)(F)F)C2)c1F. The fourth-order valence-corrected chi connectivity index (χ4v) is 2.38. The number of anilines is 1. The number of phenols is 1. The first-order valence-electron chi connectivity index (χ1n) is 6.31. The van der Waals surface area contributed by atoms with Crippen LogP contribution in [0.4, 0.5) is 32.0 Å².